The summed E-state index contributed by atoms with van der Waals surface area (Å²) in [5.74, 6) is 1.37. The Balaban J connectivity index is 1.04. The number of benzene rings is 10. The third kappa shape index (κ3) is 5.49. The van der Waals surface area contributed by atoms with E-state index in [1.165, 1.54) is 21.5 Å². The molecular formula is C57H35N3O2. The second kappa shape index (κ2) is 13.6. The second-order valence-corrected chi connectivity index (χ2v) is 16.1. The molecule has 12 aromatic rings. The summed E-state index contributed by atoms with van der Waals surface area (Å²) in [5.41, 5.74) is 10.7. The Morgan fingerprint density at radius 2 is 1.03 bits per heavy atom. The van der Waals surface area contributed by atoms with E-state index >= 15 is 0 Å². The first kappa shape index (κ1) is 34.6. The maximum Gasteiger partial charge on any atom is 0.159 e. The summed E-state index contributed by atoms with van der Waals surface area (Å²) in [5, 5.41) is 15.0. The van der Waals surface area contributed by atoms with Crippen LogP contribution >= 0.6 is 0 Å². The van der Waals surface area contributed by atoms with Crippen molar-refractivity contribution in [1.29, 1.82) is 0 Å². The SMILES string of the molecule is c1ccc(-c2ccc(C3=NC(c4ccc5oc6ccccc6c5c4)NC(c4ccc(-c5cc6ccccc6c6ccccc56)c5oc6cc7ccccc7cc6c45)=N3)cc2)cc1. The summed E-state index contributed by atoms with van der Waals surface area (Å²) in [6, 6.07) is 70.5. The first-order valence-corrected chi connectivity index (χ1v) is 21.0. The average Bonchev–Trinajstić information content (AvgIpc) is 3.91. The highest BCUT2D eigenvalue weighted by atomic mass is 16.3. The maximum absolute atomic E-state index is 7.07. The van der Waals surface area contributed by atoms with Crippen LogP contribution in [0.1, 0.15) is 22.9 Å². The molecule has 2 aromatic heterocycles. The largest absolute Gasteiger partial charge is 0.456 e. The molecule has 0 amide bonds. The highest BCUT2D eigenvalue weighted by Gasteiger charge is 2.27. The Hall–Kier alpha value is -8.28. The Kier molecular flexibility index (Phi) is 7.60. The van der Waals surface area contributed by atoms with Gasteiger partial charge in [0.15, 0.2) is 5.84 Å². The molecule has 5 nitrogen and oxygen atoms in total. The standard InChI is InChI=1S/C57H35N3O2/c1-2-12-34(13-3-1)35-22-24-36(25-23-35)55-58-56(40-26-29-51-48(32-40)44-20-10-11-21-50(44)61-51)60-57(59-55)46-28-27-45(47-31-39-16-6-7-17-41(39)42-18-8-9-19-43(42)47)54-53(46)49-30-37-14-4-5-15-38(37)33-52(49)62-54/h1-33,56H,(H,58,59,60). The Bertz CT molecular complexity index is 3840. The van der Waals surface area contributed by atoms with Crippen LogP contribution in [-0.2, 0) is 0 Å². The molecule has 1 N–H and O–H groups in total. The number of amidine groups is 2. The van der Waals surface area contributed by atoms with Crippen LogP contribution in [0.15, 0.2) is 219 Å². The zero-order valence-electron chi connectivity index (χ0n) is 33.3. The normalized spacial score (nSPS) is 14.3. The number of rotatable bonds is 5. The van der Waals surface area contributed by atoms with Crippen LogP contribution in [-0.4, -0.2) is 11.7 Å². The fraction of sp³-hybridized carbons (Fsp3) is 0.0175. The van der Waals surface area contributed by atoms with E-state index in [1.54, 1.807) is 0 Å². The van der Waals surface area contributed by atoms with E-state index in [4.69, 9.17) is 18.8 Å². The van der Waals surface area contributed by atoms with E-state index in [1.807, 2.05) is 18.2 Å². The van der Waals surface area contributed by atoms with Crippen molar-refractivity contribution in [3.8, 4) is 22.3 Å². The molecule has 0 saturated heterocycles. The lowest BCUT2D eigenvalue weighted by Crippen LogP contribution is -2.33. The highest BCUT2D eigenvalue weighted by molar-refractivity contribution is 6.26. The van der Waals surface area contributed by atoms with Crippen molar-refractivity contribution < 1.29 is 8.83 Å². The van der Waals surface area contributed by atoms with Crippen molar-refractivity contribution in [2.75, 3.05) is 0 Å². The predicted octanol–water partition coefficient (Wildman–Crippen LogP) is 14.8. The molecule has 10 aromatic carbocycles. The molecule has 0 spiro atoms. The lowest BCUT2D eigenvalue weighted by atomic mass is 9.91. The summed E-state index contributed by atoms with van der Waals surface area (Å²) in [6.07, 6.45) is -0.442. The van der Waals surface area contributed by atoms with E-state index in [0.717, 1.165) is 99.4 Å². The van der Waals surface area contributed by atoms with Gasteiger partial charge in [-0.05, 0) is 103 Å². The van der Waals surface area contributed by atoms with Gasteiger partial charge in [-0.25, -0.2) is 9.98 Å². The average molecular weight is 794 g/mol. The zero-order valence-corrected chi connectivity index (χ0v) is 33.3. The van der Waals surface area contributed by atoms with Crippen molar-refractivity contribution in [2.45, 2.75) is 6.17 Å². The van der Waals surface area contributed by atoms with Crippen LogP contribution in [0, 0.1) is 0 Å². The van der Waals surface area contributed by atoms with Gasteiger partial charge in [-0.3, -0.25) is 0 Å². The topological polar surface area (TPSA) is 63.0 Å². The summed E-state index contributed by atoms with van der Waals surface area (Å²) in [4.78, 5) is 10.7. The molecule has 5 heteroatoms. The van der Waals surface area contributed by atoms with Gasteiger partial charge >= 0.3 is 0 Å². The minimum atomic E-state index is -0.442. The molecular weight excluding hydrogens is 759 g/mol. The minimum absolute atomic E-state index is 0.442. The van der Waals surface area contributed by atoms with Crippen molar-refractivity contribution in [2.24, 2.45) is 9.98 Å². The molecule has 0 aliphatic carbocycles. The fourth-order valence-corrected chi connectivity index (χ4v) is 9.49. The smallest absolute Gasteiger partial charge is 0.159 e. The monoisotopic (exact) mass is 793 g/mol. The number of aliphatic imine (C=N–C) groups is 2. The Labute approximate surface area is 355 Å². The number of nitrogens with zero attached hydrogens (tertiary/aromatic N) is 2. The van der Waals surface area contributed by atoms with Gasteiger partial charge in [0.05, 0.1) is 0 Å². The van der Waals surface area contributed by atoms with Gasteiger partial charge in [0.2, 0.25) is 0 Å². The zero-order chi connectivity index (χ0) is 40.7. The van der Waals surface area contributed by atoms with Crippen LogP contribution in [0.3, 0.4) is 0 Å². The minimum Gasteiger partial charge on any atom is -0.456 e. The number of nitrogens with one attached hydrogen (secondary N) is 1. The number of furan rings is 2. The molecule has 0 fully saturated rings. The number of para-hydroxylation sites is 1. The van der Waals surface area contributed by atoms with Crippen molar-refractivity contribution in [1.82, 2.24) is 5.32 Å². The van der Waals surface area contributed by atoms with E-state index in [9.17, 15) is 0 Å². The summed E-state index contributed by atoms with van der Waals surface area (Å²) in [7, 11) is 0. The van der Waals surface area contributed by atoms with Gasteiger partial charge in [0, 0.05) is 38.2 Å². The molecule has 3 heterocycles. The molecule has 62 heavy (non-hydrogen) atoms. The number of hydrogen-bond acceptors (Lipinski definition) is 5. The van der Waals surface area contributed by atoms with Gasteiger partial charge in [0.25, 0.3) is 0 Å². The first-order chi connectivity index (χ1) is 30.7. The van der Waals surface area contributed by atoms with Gasteiger partial charge in [-0.2, -0.15) is 0 Å². The van der Waals surface area contributed by atoms with E-state index < -0.39 is 6.17 Å². The van der Waals surface area contributed by atoms with E-state index in [-0.39, 0.29) is 0 Å². The van der Waals surface area contributed by atoms with E-state index in [0.29, 0.717) is 5.84 Å². The molecule has 13 rings (SSSR count). The lowest BCUT2D eigenvalue weighted by Gasteiger charge is -2.24. The van der Waals surface area contributed by atoms with Crippen molar-refractivity contribution in [3.63, 3.8) is 0 Å². The third-order valence-corrected chi connectivity index (χ3v) is 12.5. The predicted molar refractivity (Wildman–Crippen MR) is 256 cm³/mol. The van der Waals surface area contributed by atoms with Crippen molar-refractivity contribution in [3.05, 3.63) is 217 Å². The summed E-state index contributed by atoms with van der Waals surface area (Å²) >= 11 is 0. The second-order valence-electron chi connectivity index (χ2n) is 16.1. The Morgan fingerprint density at radius 1 is 0.387 bits per heavy atom. The molecule has 0 radical (unpaired) electrons. The van der Waals surface area contributed by atoms with Gasteiger partial charge in [-0.1, -0.05) is 152 Å². The van der Waals surface area contributed by atoms with Crippen LogP contribution in [0.5, 0.6) is 0 Å². The third-order valence-electron chi connectivity index (χ3n) is 12.5. The fourth-order valence-electron chi connectivity index (χ4n) is 9.49. The lowest BCUT2D eigenvalue weighted by molar-refractivity contribution is 0.663. The molecule has 0 saturated carbocycles. The molecule has 290 valence electrons. The van der Waals surface area contributed by atoms with Crippen LogP contribution in [0.4, 0.5) is 0 Å². The van der Waals surface area contributed by atoms with E-state index in [2.05, 4.69) is 187 Å². The van der Waals surface area contributed by atoms with Crippen LogP contribution < -0.4 is 5.32 Å². The van der Waals surface area contributed by atoms with Gasteiger partial charge in [-0.15, -0.1) is 0 Å². The van der Waals surface area contributed by atoms with Gasteiger partial charge in [0.1, 0.15) is 34.3 Å². The highest BCUT2D eigenvalue weighted by Crippen LogP contribution is 2.44. The first-order valence-electron chi connectivity index (χ1n) is 21.0. The van der Waals surface area contributed by atoms with Gasteiger partial charge < -0.3 is 14.2 Å². The van der Waals surface area contributed by atoms with Crippen LogP contribution in [0.25, 0.3) is 98.4 Å². The summed E-state index contributed by atoms with van der Waals surface area (Å²) in [6.45, 7) is 0. The molecule has 1 aliphatic rings. The van der Waals surface area contributed by atoms with Crippen LogP contribution in [0.2, 0.25) is 0 Å². The summed E-state index contributed by atoms with van der Waals surface area (Å²) < 4.78 is 13.3. The molecule has 1 unspecified atom stereocenters. The van der Waals surface area contributed by atoms with Crippen molar-refractivity contribution >= 4 is 87.9 Å². The molecule has 1 aliphatic heterocycles. The molecule has 0 bridgehead atoms. The Morgan fingerprint density at radius 3 is 1.87 bits per heavy atom. The number of fused-ring (bicyclic) bond motifs is 10. The quantitative estimate of drug-likeness (QED) is 0.177. The molecule has 1 atom stereocenters. The maximum atomic E-state index is 7.07. The number of hydrogen-bond donors (Lipinski definition) is 1.